The summed E-state index contributed by atoms with van der Waals surface area (Å²) in [5, 5.41) is 8.99. The highest BCUT2D eigenvalue weighted by Gasteiger charge is 2.14. The minimum absolute atomic E-state index is 0.0788. The van der Waals surface area contributed by atoms with Crippen molar-refractivity contribution in [1.29, 1.82) is 0 Å². The van der Waals surface area contributed by atoms with Crippen LogP contribution in [0.3, 0.4) is 0 Å². The minimum atomic E-state index is -0.355. The van der Waals surface area contributed by atoms with Crippen molar-refractivity contribution in [3.05, 3.63) is 70.8 Å². The van der Waals surface area contributed by atoms with E-state index in [1.54, 1.807) is 0 Å². The molecule has 0 radical (unpaired) electrons. The van der Waals surface area contributed by atoms with Crippen LogP contribution in [0, 0.1) is 5.82 Å². The number of halogens is 1. The van der Waals surface area contributed by atoms with Crippen LogP contribution in [-0.4, -0.2) is 26.3 Å². The van der Waals surface area contributed by atoms with Crippen molar-refractivity contribution in [3.8, 4) is 5.75 Å². The lowest BCUT2D eigenvalue weighted by molar-refractivity contribution is 0.102. The number of nitrogens with zero attached hydrogens (tertiary/aromatic N) is 3. The summed E-state index contributed by atoms with van der Waals surface area (Å²) >= 11 is 1.31. The summed E-state index contributed by atoms with van der Waals surface area (Å²) in [5.41, 5.74) is 3.28. The van der Waals surface area contributed by atoms with Gasteiger partial charge in [-0.25, -0.2) is 4.39 Å². The molecule has 29 heavy (non-hydrogen) atoms. The number of aryl methyl sites for hydroxylation is 2. The Morgan fingerprint density at radius 3 is 2.66 bits per heavy atom. The van der Waals surface area contributed by atoms with Crippen LogP contribution in [-0.2, 0) is 26.5 Å². The van der Waals surface area contributed by atoms with Gasteiger partial charge in [0.2, 0.25) is 0 Å². The Kier molecular flexibility index (Phi) is 5.94. The number of hydrogen-bond acceptors (Lipinski definition) is 5. The zero-order valence-corrected chi connectivity index (χ0v) is 17.0. The topological polar surface area (TPSA) is 57.0 Å². The fourth-order valence-electron chi connectivity index (χ4n) is 3.39. The van der Waals surface area contributed by atoms with Gasteiger partial charge in [-0.3, -0.25) is 4.79 Å². The second-order valence-corrected chi connectivity index (χ2v) is 8.05. The maximum atomic E-state index is 13.0. The normalized spacial score (nSPS) is 13.2. The first-order valence-electron chi connectivity index (χ1n) is 9.64. The van der Waals surface area contributed by atoms with Gasteiger partial charge in [-0.2, -0.15) is 0 Å². The van der Waals surface area contributed by atoms with Crippen molar-refractivity contribution in [2.24, 2.45) is 7.05 Å². The molecular formula is C22H22FN3O2S. The van der Waals surface area contributed by atoms with Crippen LogP contribution in [0.15, 0.2) is 47.6 Å². The van der Waals surface area contributed by atoms with E-state index in [1.807, 2.05) is 17.7 Å². The van der Waals surface area contributed by atoms with E-state index >= 15 is 0 Å². The van der Waals surface area contributed by atoms with Crippen LogP contribution in [0.25, 0.3) is 0 Å². The summed E-state index contributed by atoms with van der Waals surface area (Å²) in [6.07, 6.45) is 4.75. The number of Topliss-reactive ketones (excluding diaryl/α,β-unsaturated/α-hetero) is 1. The predicted octanol–water partition coefficient (Wildman–Crippen LogP) is 4.39. The maximum Gasteiger partial charge on any atom is 0.191 e. The molecule has 0 saturated heterocycles. The van der Waals surface area contributed by atoms with Crippen molar-refractivity contribution >= 4 is 17.5 Å². The van der Waals surface area contributed by atoms with E-state index in [4.69, 9.17) is 4.74 Å². The molecule has 0 atom stereocenters. The third-order valence-corrected chi connectivity index (χ3v) is 6.13. The third kappa shape index (κ3) is 4.67. The highest BCUT2D eigenvalue weighted by Crippen LogP contribution is 2.26. The Bertz CT molecular complexity index is 1020. The molecule has 7 heteroatoms. The number of carbonyl (C=O) groups excluding carboxylic acids is 1. The summed E-state index contributed by atoms with van der Waals surface area (Å²) in [4.78, 5) is 12.3. The number of ketones is 1. The molecule has 5 nitrogen and oxygen atoms in total. The van der Waals surface area contributed by atoms with Gasteiger partial charge in [-0.05, 0) is 73.2 Å². The van der Waals surface area contributed by atoms with Gasteiger partial charge in [0, 0.05) is 12.6 Å². The number of fused-ring (bicyclic) bond motifs is 1. The molecule has 3 aromatic rings. The van der Waals surface area contributed by atoms with E-state index in [-0.39, 0.29) is 17.4 Å². The number of benzene rings is 2. The summed E-state index contributed by atoms with van der Waals surface area (Å²) < 4.78 is 20.7. The second-order valence-electron chi connectivity index (χ2n) is 7.10. The van der Waals surface area contributed by atoms with Gasteiger partial charge >= 0.3 is 0 Å². The molecule has 0 aliphatic heterocycles. The molecule has 0 spiro atoms. The lowest BCUT2D eigenvalue weighted by Crippen LogP contribution is -2.07. The fourth-order valence-corrected chi connectivity index (χ4v) is 4.22. The van der Waals surface area contributed by atoms with E-state index < -0.39 is 0 Å². The Morgan fingerprint density at radius 2 is 1.86 bits per heavy atom. The summed E-state index contributed by atoms with van der Waals surface area (Å²) in [5.74, 6) is 1.31. The number of rotatable bonds is 7. The van der Waals surface area contributed by atoms with Gasteiger partial charge in [-0.1, -0.05) is 17.8 Å². The average molecular weight is 412 g/mol. The van der Waals surface area contributed by atoms with Crippen LogP contribution < -0.4 is 4.74 Å². The monoisotopic (exact) mass is 411 g/mol. The lowest BCUT2D eigenvalue weighted by atomic mass is 9.92. The maximum absolute atomic E-state index is 13.0. The smallest absolute Gasteiger partial charge is 0.191 e. The molecule has 0 amide bonds. The molecule has 0 fully saturated rings. The summed E-state index contributed by atoms with van der Waals surface area (Å²) in [6.45, 7) is 0.314. The number of ether oxygens (including phenoxy) is 1. The van der Waals surface area contributed by atoms with Gasteiger partial charge in [0.15, 0.2) is 16.8 Å². The van der Waals surface area contributed by atoms with Gasteiger partial charge in [0.25, 0.3) is 0 Å². The Morgan fingerprint density at radius 1 is 1.10 bits per heavy atom. The van der Waals surface area contributed by atoms with Crippen LogP contribution in [0.5, 0.6) is 5.75 Å². The molecule has 1 aromatic heterocycles. The van der Waals surface area contributed by atoms with Crippen LogP contribution in [0.2, 0.25) is 0 Å². The zero-order chi connectivity index (χ0) is 20.2. The van der Waals surface area contributed by atoms with Gasteiger partial charge in [0.1, 0.15) is 18.2 Å². The van der Waals surface area contributed by atoms with Crippen molar-refractivity contribution in [2.75, 3.05) is 5.75 Å². The Labute approximate surface area is 173 Å². The second kappa shape index (κ2) is 8.78. The SMILES string of the molecule is Cn1c(COc2ccc3c(c2)CCCC3)nnc1SCC(=O)c1ccc(F)cc1. The van der Waals surface area contributed by atoms with Crippen LogP contribution in [0.1, 0.15) is 40.2 Å². The van der Waals surface area contributed by atoms with Gasteiger partial charge in [0.05, 0.1) is 5.75 Å². The third-order valence-electron chi connectivity index (χ3n) is 5.11. The number of carbonyl (C=O) groups is 1. The van der Waals surface area contributed by atoms with E-state index in [1.165, 1.54) is 60.0 Å². The van der Waals surface area contributed by atoms with Crippen molar-refractivity contribution in [3.63, 3.8) is 0 Å². The van der Waals surface area contributed by atoms with Crippen molar-refractivity contribution in [2.45, 2.75) is 37.4 Å². The summed E-state index contributed by atoms with van der Waals surface area (Å²) in [7, 11) is 1.86. The quantitative estimate of drug-likeness (QED) is 0.426. The Balaban J connectivity index is 1.34. The Hall–Kier alpha value is -2.67. The summed E-state index contributed by atoms with van der Waals surface area (Å²) in [6, 6.07) is 11.9. The fraction of sp³-hybridized carbons (Fsp3) is 0.318. The largest absolute Gasteiger partial charge is 0.486 e. The highest BCUT2D eigenvalue weighted by molar-refractivity contribution is 7.99. The van der Waals surface area contributed by atoms with Crippen LogP contribution >= 0.6 is 11.8 Å². The molecule has 1 aliphatic rings. The molecule has 4 rings (SSSR count). The first-order valence-corrected chi connectivity index (χ1v) is 10.6. The first kappa shape index (κ1) is 19.6. The molecule has 0 N–H and O–H groups in total. The van der Waals surface area contributed by atoms with Crippen LogP contribution in [0.4, 0.5) is 4.39 Å². The molecule has 0 bridgehead atoms. The standard InChI is InChI=1S/C22H22FN3O2S/c1-26-21(13-28-19-11-8-15-4-2-3-5-17(15)12-19)24-25-22(26)29-14-20(27)16-6-9-18(23)10-7-16/h6-12H,2-5,13-14H2,1H3. The number of hydrogen-bond donors (Lipinski definition) is 0. The van der Waals surface area contributed by atoms with E-state index in [0.717, 1.165) is 18.6 Å². The average Bonchev–Trinajstić information content (AvgIpc) is 3.10. The molecule has 0 saturated carbocycles. The number of thioether (sulfide) groups is 1. The van der Waals surface area contributed by atoms with E-state index in [0.29, 0.717) is 23.2 Å². The lowest BCUT2D eigenvalue weighted by Gasteiger charge is -2.16. The molecule has 2 aromatic carbocycles. The minimum Gasteiger partial charge on any atom is -0.486 e. The highest BCUT2D eigenvalue weighted by atomic mass is 32.2. The number of aromatic nitrogens is 3. The first-order chi connectivity index (χ1) is 14.1. The zero-order valence-electron chi connectivity index (χ0n) is 16.2. The van der Waals surface area contributed by atoms with E-state index in [2.05, 4.69) is 22.3 Å². The van der Waals surface area contributed by atoms with Crippen molar-refractivity contribution in [1.82, 2.24) is 14.8 Å². The van der Waals surface area contributed by atoms with E-state index in [9.17, 15) is 9.18 Å². The van der Waals surface area contributed by atoms with Gasteiger partial charge in [-0.15, -0.1) is 10.2 Å². The molecule has 0 unspecified atom stereocenters. The van der Waals surface area contributed by atoms with Crippen molar-refractivity contribution < 1.29 is 13.9 Å². The molecular weight excluding hydrogens is 389 g/mol. The molecule has 1 aliphatic carbocycles. The molecule has 1 heterocycles. The molecule has 150 valence electrons. The predicted molar refractivity (Wildman–Crippen MR) is 110 cm³/mol. The van der Waals surface area contributed by atoms with Gasteiger partial charge < -0.3 is 9.30 Å².